The maximum atomic E-state index is 13.3. The summed E-state index contributed by atoms with van der Waals surface area (Å²) in [7, 11) is 0. The molecule has 2 atom stereocenters. The van der Waals surface area contributed by atoms with E-state index in [9.17, 15) is 14.3 Å². The molecule has 0 bridgehead atoms. The highest BCUT2D eigenvalue weighted by Gasteiger charge is 2.33. The molecule has 1 aliphatic carbocycles. The van der Waals surface area contributed by atoms with Gasteiger partial charge in [-0.15, -0.1) is 0 Å². The minimum atomic E-state index is -0.856. The predicted molar refractivity (Wildman–Crippen MR) is 83.4 cm³/mol. The normalized spacial score (nSPS) is 25.6. The Bertz CT molecular complexity index is 553. The third-order valence-corrected chi connectivity index (χ3v) is 4.63. The van der Waals surface area contributed by atoms with E-state index in [0.717, 1.165) is 12.8 Å². The van der Waals surface area contributed by atoms with E-state index in [1.54, 1.807) is 0 Å². The molecule has 0 spiro atoms. The number of nitrogens with one attached hydrogen (secondary N) is 1. The van der Waals surface area contributed by atoms with Gasteiger partial charge in [0.05, 0.1) is 16.9 Å². The summed E-state index contributed by atoms with van der Waals surface area (Å²) in [5.41, 5.74) is 4.82. The Labute approximate surface area is 132 Å². The molecule has 0 saturated heterocycles. The molecular formula is C15H20BrFN2O2. The standard InChI is InChI=1S/C15H20BrFN2O2/c1-9-3-2-4-15(21,7-9)8-19-14(20)10-5-13(18)12(17)6-11(10)16/h5-6,9,21H,2-4,7-8,18H2,1H3,(H,19,20). The van der Waals surface area contributed by atoms with Crippen LogP contribution < -0.4 is 11.1 Å². The third-order valence-electron chi connectivity index (χ3n) is 3.98. The number of amides is 1. The van der Waals surface area contributed by atoms with E-state index < -0.39 is 11.4 Å². The molecule has 0 radical (unpaired) electrons. The van der Waals surface area contributed by atoms with Crippen LogP contribution in [0.3, 0.4) is 0 Å². The van der Waals surface area contributed by atoms with Crippen molar-refractivity contribution in [3.8, 4) is 0 Å². The SMILES string of the molecule is CC1CCCC(O)(CNC(=O)c2cc(N)c(F)cc2Br)C1. The number of hydrogen-bond acceptors (Lipinski definition) is 3. The molecule has 116 valence electrons. The van der Waals surface area contributed by atoms with Crippen molar-refractivity contribution in [1.82, 2.24) is 5.32 Å². The first-order chi connectivity index (χ1) is 9.81. The van der Waals surface area contributed by atoms with E-state index in [1.807, 2.05) is 0 Å². The molecule has 1 aromatic rings. The molecule has 4 nitrogen and oxygen atoms in total. The van der Waals surface area contributed by atoms with Crippen LogP contribution in [0.15, 0.2) is 16.6 Å². The van der Waals surface area contributed by atoms with Crippen molar-refractivity contribution in [2.75, 3.05) is 12.3 Å². The number of halogens is 2. The molecule has 0 heterocycles. The number of benzene rings is 1. The summed E-state index contributed by atoms with van der Waals surface area (Å²) in [4.78, 5) is 12.2. The van der Waals surface area contributed by atoms with Crippen LogP contribution >= 0.6 is 15.9 Å². The van der Waals surface area contributed by atoms with Crippen LogP contribution in [0.2, 0.25) is 0 Å². The largest absolute Gasteiger partial charge is 0.396 e. The van der Waals surface area contributed by atoms with Crippen LogP contribution in [0.25, 0.3) is 0 Å². The van der Waals surface area contributed by atoms with E-state index in [-0.39, 0.29) is 23.7 Å². The molecule has 1 aliphatic rings. The summed E-state index contributed by atoms with van der Waals surface area (Å²) in [5.74, 6) is -0.493. The Morgan fingerprint density at radius 2 is 2.33 bits per heavy atom. The van der Waals surface area contributed by atoms with Gasteiger partial charge in [-0.1, -0.05) is 19.8 Å². The zero-order chi connectivity index (χ0) is 15.6. The lowest BCUT2D eigenvalue weighted by Gasteiger charge is -2.35. The predicted octanol–water partition coefficient (Wildman–Crippen LogP) is 2.84. The van der Waals surface area contributed by atoms with Gasteiger partial charge < -0.3 is 16.2 Å². The van der Waals surface area contributed by atoms with Gasteiger partial charge in [-0.3, -0.25) is 4.79 Å². The van der Waals surface area contributed by atoms with Gasteiger partial charge in [-0.2, -0.15) is 0 Å². The average molecular weight is 359 g/mol. The van der Waals surface area contributed by atoms with Gasteiger partial charge in [-0.05, 0) is 46.8 Å². The lowest BCUT2D eigenvalue weighted by Crippen LogP contribution is -2.45. The van der Waals surface area contributed by atoms with E-state index in [4.69, 9.17) is 5.73 Å². The molecule has 0 aliphatic heterocycles. The lowest BCUT2D eigenvalue weighted by atomic mass is 9.79. The topological polar surface area (TPSA) is 75.3 Å². The van der Waals surface area contributed by atoms with Crippen LogP contribution in [-0.2, 0) is 0 Å². The van der Waals surface area contributed by atoms with Crippen LogP contribution in [0.5, 0.6) is 0 Å². The minimum Gasteiger partial charge on any atom is -0.396 e. The quantitative estimate of drug-likeness (QED) is 0.727. The number of aliphatic hydroxyl groups is 1. The number of carbonyl (C=O) groups excluding carboxylic acids is 1. The van der Waals surface area contributed by atoms with Crippen LogP contribution in [-0.4, -0.2) is 23.2 Å². The smallest absolute Gasteiger partial charge is 0.252 e. The first-order valence-corrected chi connectivity index (χ1v) is 7.85. The average Bonchev–Trinajstić information content (AvgIpc) is 2.40. The summed E-state index contributed by atoms with van der Waals surface area (Å²) < 4.78 is 13.6. The first-order valence-electron chi connectivity index (χ1n) is 7.06. The van der Waals surface area contributed by atoms with Crippen molar-refractivity contribution in [1.29, 1.82) is 0 Å². The Balaban J connectivity index is 2.03. The highest BCUT2D eigenvalue weighted by atomic mass is 79.9. The number of nitrogens with two attached hydrogens (primary N) is 1. The Kier molecular flexibility index (Phi) is 4.88. The molecule has 6 heteroatoms. The number of hydrogen-bond donors (Lipinski definition) is 3. The summed E-state index contributed by atoms with van der Waals surface area (Å²) in [6.07, 6.45) is 3.43. The maximum absolute atomic E-state index is 13.3. The fourth-order valence-electron chi connectivity index (χ4n) is 2.87. The summed E-state index contributed by atoms with van der Waals surface area (Å²) in [5, 5.41) is 13.2. The molecule has 4 N–H and O–H groups in total. The second-order valence-corrected chi connectivity index (χ2v) is 6.82. The van der Waals surface area contributed by atoms with Gasteiger partial charge in [0.25, 0.3) is 5.91 Å². The van der Waals surface area contributed by atoms with Crippen LogP contribution in [0.1, 0.15) is 43.0 Å². The Morgan fingerprint density at radius 3 is 3.00 bits per heavy atom. The summed E-state index contributed by atoms with van der Waals surface area (Å²) >= 11 is 3.15. The lowest BCUT2D eigenvalue weighted by molar-refractivity contribution is -0.0109. The molecule has 2 rings (SSSR count). The monoisotopic (exact) mass is 358 g/mol. The number of nitrogen functional groups attached to an aromatic ring is 1. The van der Waals surface area contributed by atoms with Crippen molar-refractivity contribution in [3.05, 3.63) is 28.0 Å². The summed E-state index contributed by atoms with van der Waals surface area (Å²) in [6, 6.07) is 2.46. The van der Waals surface area contributed by atoms with Gasteiger partial charge in [0.1, 0.15) is 5.82 Å². The molecule has 0 aromatic heterocycles. The summed E-state index contributed by atoms with van der Waals surface area (Å²) in [6.45, 7) is 2.29. The number of carbonyl (C=O) groups is 1. The van der Waals surface area contributed by atoms with Gasteiger partial charge >= 0.3 is 0 Å². The third kappa shape index (κ3) is 3.95. The Hall–Kier alpha value is -1.14. The number of rotatable bonds is 3. The van der Waals surface area contributed by atoms with Crippen LogP contribution in [0, 0.1) is 11.7 Å². The van der Waals surface area contributed by atoms with E-state index in [2.05, 4.69) is 28.2 Å². The molecule has 2 unspecified atom stereocenters. The van der Waals surface area contributed by atoms with Crippen molar-refractivity contribution in [2.45, 2.75) is 38.2 Å². The fourth-order valence-corrected chi connectivity index (χ4v) is 3.37. The molecule has 21 heavy (non-hydrogen) atoms. The van der Waals surface area contributed by atoms with Crippen molar-refractivity contribution in [2.24, 2.45) is 5.92 Å². The van der Waals surface area contributed by atoms with E-state index >= 15 is 0 Å². The van der Waals surface area contributed by atoms with Gasteiger partial charge in [0, 0.05) is 11.0 Å². The maximum Gasteiger partial charge on any atom is 0.252 e. The fraction of sp³-hybridized carbons (Fsp3) is 0.533. The van der Waals surface area contributed by atoms with E-state index in [0.29, 0.717) is 23.2 Å². The second-order valence-electron chi connectivity index (χ2n) is 5.96. The highest BCUT2D eigenvalue weighted by Crippen LogP contribution is 2.31. The second kappa shape index (κ2) is 6.32. The highest BCUT2D eigenvalue weighted by molar-refractivity contribution is 9.10. The van der Waals surface area contributed by atoms with Crippen LogP contribution in [0.4, 0.5) is 10.1 Å². The Morgan fingerprint density at radius 1 is 1.62 bits per heavy atom. The van der Waals surface area contributed by atoms with Gasteiger partial charge in [0.15, 0.2) is 0 Å². The molecule has 1 amide bonds. The van der Waals surface area contributed by atoms with Crippen molar-refractivity contribution in [3.63, 3.8) is 0 Å². The van der Waals surface area contributed by atoms with Gasteiger partial charge in [0.2, 0.25) is 0 Å². The number of anilines is 1. The van der Waals surface area contributed by atoms with E-state index in [1.165, 1.54) is 12.1 Å². The minimum absolute atomic E-state index is 0.0756. The van der Waals surface area contributed by atoms with Crippen molar-refractivity contribution >= 4 is 27.5 Å². The molecule has 1 saturated carbocycles. The van der Waals surface area contributed by atoms with Crippen molar-refractivity contribution < 1.29 is 14.3 Å². The molecule has 1 aromatic carbocycles. The first kappa shape index (κ1) is 16.2. The molecular weight excluding hydrogens is 339 g/mol. The molecule has 1 fully saturated rings. The van der Waals surface area contributed by atoms with Gasteiger partial charge in [-0.25, -0.2) is 4.39 Å². The zero-order valence-electron chi connectivity index (χ0n) is 12.0. The zero-order valence-corrected chi connectivity index (χ0v) is 13.5.